The fraction of sp³-hybridized carbons (Fsp3) is 0.462. The average Bonchev–Trinajstić information content (AvgIpc) is 2.45. The standard InChI is InChI=1S/C13H16BrNO5S/c14-12-2-1-10(21(15,17)18)7-11(12)13(16)20-8-9-3-5-19-6-4-9/h1-2,7,9H,3-6,8H2,(H2,15,17,18). The van der Waals surface area contributed by atoms with Gasteiger partial charge in [-0.25, -0.2) is 18.4 Å². The molecule has 0 aromatic heterocycles. The molecule has 0 radical (unpaired) electrons. The summed E-state index contributed by atoms with van der Waals surface area (Å²) in [5.41, 5.74) is 0.147. The summed E-state index contributed by atoms with van der Waals surface area (Å²) in [4.78, 5) is 11.9. The summed E-state index contributed by atoms with van der Waals surface area (Å²) in [7, 11) is -3.86. The van der Waals surface area contributed by atoms with Crippen molar-refractivity contribution in [2.75, 3.05) is 19.8 Å². The number of sulfonamides is 1. The first-order valence-electron chi connectivity index (χ1n) is 6.45. The van der Waals surface area contributed by atoms with Crippen molar-refractivity contribution < 1.29 is 22.7 Å². The van der Waals surface area contributed by atoms with Crippen LogP contribution in [0.3, 0.4) is 0 Å². The zero-order valence-electron chi connectivity index (χ0n) is 11.2. The third-order valence-corrected chi connectivity index (χ3v) is 4.88. The molecule has 8 heteroatoms. The lowest BCUT2D eigenvalue weighted by atomic mass is 10.0. The molecule has 0 amide bonds. The molecule has 1 fully saturated rings. The SMILES string of the molecule is NS(=O)(=O)c1ccc(Br)c(C(=O)OCC2CCOCC2)c1. The molecule has 1 heterocycles. The van der Waals surface area contributed by atoms with Gasteiger partial charge < -0.3 is 9.47 Å². The summed E-state index contributed by atoms with van der Waals surface area (Å²) in [6.07, 6.45) is 1.71. The molecule has 0 bridgehead atoms. The zero-order valence-corrected chi connectivity index (χ0v) is 13.7. The van der Waals surface area contributed by atoms with E-state index in [0.717, 1.165) is 12.8 Å². The highest BCUT2D eigenvalue weighted by molar-refractivity contribution is 9.10. The second-order valence-corrected chi connectivity index (χ2v) is 7.26. The summed E-state index contributed by atoms with van der Waals surface area (Å²) >= 11 is 3.21. The molecule has 1 saturated heterocycles. The molecule has 0 aliphatic carbocycles. The first-order valence-corrected chi connectivity index (χ1v) is 8.79. The number of ether oxygens (including phenoxy) is 2. The smallest absolute Gasteiger partial charge is 0.339 e. The Morgan fingerprint density at radius 2 is 2.05 bits per heavy atom. The third kappa shape index (κ3) is 4.50. The van der Waals surface area contributed by atoms with Crippen molar-refractivity contribution in [3.05, 3.63) is 28.2 Å². The van der Waals surface area contributed by atoms with Gasteiger partial charge in [0.25, 0.3) is 0 Å². The molecule has 0 saturated carbocycles. The van der Waals surface area contributed by atoms with Crippen LogP contribution >= 0.6 is 15.9 Å². The zero-order chi connectivity index (χ0) is 15.5. The van der Waals surface area contributed by atoms with E-state index in [1.807, 2.05) is 0 Å². The summed E-state index contributed by atoms with van der Waals surface area (Å²) in [6.45, 7) is 1.65. The Kier molecular flexibility index (Phi) is 5.37. The van der Waals surface area contributed by atoms with E-state index in [-0.39, 0.29) is 16.4 Å². The van der Waals surface area contributed by atoms with E-state index in [1.165, 1.54) is 18.2 Å². The van der Waals surface area contributed by atoms with Gasteiger partial charge in [-0.2, -0.15) is 0 Å². The number of hydrogen-bond acceptors (Lipinski definition) is 5. The molecule has 2 rings (SSSR count). The molecule has 0 atom stereocenters. The molecule has 1 aromatic rings. The molecule has 21 heavy (non-hydrogen) atoms. The second kappa shape index (κ2) is 6.87. The number of carbonyl (C=O) groups excluding carboxylic acids is 1. The van der Waals surface area contributed by atoms with Crippen LogP contribution < -0.4 is 5.14 Å². The van der Waals surface area contributed by atoms with Crippen LogP contribution in [0, 0.1) is 5.92 Å². The number of primary sulfonamides is 1. The number of esters is 1. The number of benzene rings is 1. The van der Waals surface area contributed by atoms with E-state index < -0.39 is 16.0 Å². The number of nitrogens with two attached hydrogens (primary N) is 1. The fourth-order valence-electron chi connectivity index (χ4n) is 2.02. The predicted octanol–water partition coefficient (Wildman–Crippen LogP) is 1.68. The van der Waals surface area contributed by atoms with E-state index in [9.17, 15) is 13.2 Å². The number of carbonyl (C=O) groups is 1. The Bertz CT molecular complexity index is 625. The van der Waals surface area contributed by atoms with Gasteiger partial charge in [-0.1, -0.05) is 0 Å². The minimum atomic E-state index is -3.86. The maximum atomic E-state index is 12.1. The van der Waals surface area contributed by atoms with Gasteiger partial charge in [0.15, 0.2) is 0 Å². The molecular formula is C13H16BrNO5S. The van der Waals surface area contributed by atoms with Gasteiger partial charge in [0, 0.05) is 17.7 Å². The lowest BCUT2D eigenvalue weighted by Crippen LogP contribution is -2.22. The maximum Gasteiger partial charge on any atom is 0.339 e. The van der Waals surface area contributed by atoms with Gasteiger partial charge in [0.2, 0.25) is 10.0 Å². The van der Waals surface area contributed by atoms with Crippen LogP contribution in [0.25, 0.3) is 0 Å². The Morgan fingerprint density at radius 3 is 2.67 bits per heavy atom. The first-order chi connectivity index (χ1) is 9.88. The van der Waals surface area contributed by atoms with Crippen molar-refractivity contribution in [2.24, 2.45) is 11.1 Å². The van der Waals surface area contributed by atoms with Crippen molar-refractivity contribution in [3.63, 3.8) is 0 Å². The highest BCUT2D eigenvalue weighted by Gasteiger charge is 2.19. The Balaban J connectivity index is 2.07. The molecule has 0 spiro atoms. The van der Waals surface area contributed by atoms with Gasteiger partial charge in [-0.05, 0) is 52.9 Å². The summed E-state index contributed by atoms with van der Waals surface area (Å²) in [5.74, 6) is -0.290. The largest absolute Gasteiger partial charge is 0.462 e. The topological polar surface area (TPSA) is 95.7 Å². The number of rotatable bonds is 4. The normalized spacial score (nSPS) is 16.7. The third-order valence-electron chi connectivity index (χ3n) is 3.28. The molecular weight excluding hydrogens is 362 g/mol. The van der Waals surface area contributed by atoms with Crippen molar-refractivity contribution in [3.8, 4) is 0 Å². The van der Waals surface area contributed by atoms with E-state index in [2.05, 4.69) is 15.9 Å². The average molecular weight is 378 g/mol. The van der Waals surface area contributed by atoms with Crippen LogP contribution in [0.4, 0.5) is 0 Å². The predicted molar refractivity (Wildman–Crippen MR) is 79.3 cm³/mol. The highest BCUT2D eigenvalue weighted by atomic mass is 79.9. The number of hydrogen-bond donors (Lipinski definition) is 1. The lowest BCUT2D eigenvalue weighted by Gasteiger charge is -2.21. The number of halogens is 1. The molecule has 1 aromatic carbocycles. The first kappa shape index (κ1) is 16.4. The molecule has 2 N–H and O–H groups in total. The van der Waals surface area contributed by atoms with E-state index in [0.29, 0.717) is 24.3 Å². The van der Waals surface area contributed by atoms with Crippen LogP contribution in [0.1, 0.15) is 23.2 Å². The maximum absolute atomic E-state index is 12.1. The Morgan fingerprint density at radius 1 is 1.38 bits per heavy atom. The monoisotopic (exact) mass is 377 g/mol. The molecule has 6 nitrogen and oxygen atoms in total. The van der Waals surface area contributed by atoms with Crippen molar-refractivity contribution in [1.29, 1.82) is 0 Å². The summed E-state index contributed by atoms with van der Waals surface area (Å²) < 4.78 is 33.6. The van der Waals surface area contributed by atoms with Gasteiger partial charge in [-0.15, -0.1) is 0 Å². The van der Waals surface area contributed by atoms with Crippen LogP contribution in [0.15, 0.2) is 27.6 Å². The highest BCUT2D eigenvalue weighted by Crippen LogP contribution is 2.22. The van der Waals surface area contributed by atoms with Crippen molar-refractivity contribution >= 4 is 31.9 Å². The minimum Gasteiger partial charge on any atom is -0.462 e. The summed E-state index contributed by atoms with van der Waals surface area (Å²) in [5, 5.41) is 5.06. The van der Waals surface area contributed by atoms with Crippen LogP contribution in [0.2, 0.25) is 0 Å². The van der Waals surface area contributed by atoms with E-state index in [1.54, 1.807) is 0 Å². The Hall–Kier alpha value is -0.960. The van der Waals surface area contributed by atoms with E-state index >= 15 is 0 Å². The summed E-state index contributed by atoms with van der Waals surface area (Å²) in [6, 6.07) is 4.01. The molecule has 1 aliphatic heterocycles. The van der Waals surface area contributed by atoms with Crippen LogP contribution in [-0.2, 0) is 19.5 Å². The lowest BCUT2D eigenvalue weighted by molar-refractivity contribution is 0.0185. The second-order valence-electron chi connectivity index (χ2n) is 4.84. The molecule has 0 unspecified atom stereocenters. The van der Waals surface area contributed by atoms with Crippen molar-refractivity contribution in [2.45, 2.75) is 17.7 Å². The van der Waals surface area contributed by atoms with Gasteiger partial charge >= 0.3 is 5.97 Å². The Labute approximate surface area is 131 Å². The van der Waals surface area contributed by atoms with E-state index in [4.69, 9.17) is 14.6 Å². The molecule has 1 aliphatic rings. The van der Waals surface area contributed by atoms with Crippen LogP contribution in [-0.4, -0.2) is 34.2 Å². The minimum absolute atomic E-state index is 0.122. The van der Waals surface area contributed by atoms with Gasteiger partial charge in [0.1, 0.15) is 0 Å². The quantitative estimate of drug-likeness (QED) is 0.805. The fourth-order valence-corrected chi connectivity index (χ4v) is 2.97. The van der Waals surface area contributed by atoms with Gasteiger partial charge in [-0.3, -0.25) is 0 Å². The molecule has 116 valence electrons. The van der Waals surface area contributed by atoms with Gasteiger partial charge in [0.05, 0.1) is 17.1 Å². The van der Waals surface area contributed by atoms with Crippen LogP contribution in [0.5, 0.6) is 0 Å². The van der Waals surface area contributed by atoms with Crippen molar-refractivity contribution in [1.82, 2.24) is 0 Å².